The summed E-state index contributed by atoms with van der Waals surface area (Å²) in [7, 11) is 1.80. The number of quaternary nitrogens is 1. The third kappa shape index (κ3) is 2.20. The van der Waals surface area contributed by atoms with E-state index < -0.39 is 0 Å². The quantitative estimate of drug-likeness (QED) is 0.407. The Hall–Kier alpha value is -0.390. The standard InChI is InChI=1S/C16H23NO3.BrH/c1-19-13-3-2-12-5-7-17-6-4-11-10-20-15(18)8-14(11)16(12,17)9-13;/h2-3,11-14H,4-10H2,1H3;1H/t11?,12?,13-,14-,16-;/m1./s1. The van der Waals surface area contributed by atoms with Gasteiger partial charge in [-0.1, -0.05) is 12.2 Å². The van der Waals surface area contributed by atoms with Gasteiger partial charge in [0, 0.05) is 44.1 Å². The highest BCUT2D eigenvalue weighted by Gasteiger charge is 2.63. The van der Waals surface area contributed by atoms with E-state index in [-0.39, 0.29) is 34.6 Å². The summed E-state index contributed by atoms with van der Waals surface area (Å²) in [5.74, 6) is 1.70. The molecule has 0 radical (unpaired) electrons. The largest absolute Gasteiger partial charge is 1.00 e. The average Bonchev–Trinajstić information content (AvgIpc) is 2.86. The molecule has 0 aromatic heterocycles. The van der Waals surface area contributed by atoms with E-state index >= 15 is 0 Å². The van der Waals surface area contributed by atoms with Gasteiger partial charge in [-0.3, -0.25) is 4.79 Å². The van der Waals surface area contributed by atoms with Crippen LogP contribution in [0.1, 0.15) is 25.7 Å². The van der Waals surface area contributed by atoms with Gasteiger partial charge in [-0.15, -0.1) is 0 Å². The molecule has 0 amide bonds. The molecule has 118 valence electrons. The first kappa shape index (κ1) is 15.5. The van der Waals surface area contributed by atoms with E-state index in [9.17, 15) is 4.79 Å². The van der Waals surface area contributed by atoms with E-state index in [0.717, 1.165) is 6.42 Å². The molecule has 4 rings (SSSR count). The maximum atomic E-state index is 11.8. The van der Waals surface area contributed by atoms with E-state index in [1.165, 1.54) is 25.9 Å². The predicted molar refractivity (Wildman–Crippen MR) is 73.3 cm³/mol. The molecule has 3 aliphatic heterocycles. The lowest BCUT2D eigenvalue weighted by Gasteiger charge is -2.53. The van der Waals surface area contributed by atoms with Gasteiger partial charge >= 0.3 is 5.97 Å². The van der Waals surface area contributed by atoms with Crippen LogP contribution in [0.4, 0.5) is 0 Å². The third-order valence-electron chi connectivity index (χ3n) is 6.37. The number of nitrogens with one attached hydrogen (secondary N) is 1. The molecular weight excluding hydrogens is 334 g/mol. The van der Waals surface area contributed by atoms with Crippen LogP contribution in [0.3, 0.4) is 0 Å². The molecule has 3 unspecified atom stereocenters. The molecule has 1 spiro atoms. The van der Waals surface area contributed by atoms with Crippen molar-refractivity contribution in [2.45, 2.75) is 37.3 Å². The number of cyclic esters (lactones) is 1. The molecule has 1 N–H and O–H groups in total. The maximum absolute atomic E-state index is 11.8. The van der Waals surface area contributed by atoms with Crippen LogP contribution in [-0.2, 0) is 14.3 Å². The van der Waals surface area contributed by atoms with E-state index in [2.05, 4.69) is 12.2 Å². The second-order valence-electron chi connectivity index (χ2n) is 6.94. The summed E-state index contributed by atoms with van der Waals surface area (Å²) in [6, 6.07) is 0. The first-order valence-electron chi connectivity index (χ1n) is 7.96. The molecule has 3 heterocycles. The molecule has 0 bridgehead atoms. The molecular formula is C16H24BrNO3. The van der Waals surface area contributed by atoms with Crippen molar-refractivity contribution in [1.82, 2.24) is 0 Å². The molecule has 1 aliphatic carbocycles. The number of hydrogen-bond donors (Lipinski definition) is 1. The van der Waals surface area contributed by atoms with Crippen molar-refractivity contribution < 1.29 is 36.1 Å². The second kappa shape index (κ2) is 5.67. The van der Waals surface area contributed by atoms with Crippen molar-refractivity contribution in [3.8, 4) is 0 Å². The highest BCUT2D eigenvalue weighted by molar-refractivity contribution is 5.70. The number of carbonyl (C=O) groups excluding carboxylic acids is 1. The second-order valence-corrected chi connectivity index (χ2v) is 6.94. The normalized spacial score (nSPS) is 47.7. The van der Waals surface area contributed by atoms with Gasteiger partial charge in [0.25, 0.3) is 0 Å². The summed E-state index contributed by atoms with van der Waals surface area (Å²) in [5, 5.41) is 0. The van der Waals surface area contributed by atoms with Gasteiger partial charge < -0.3 is 31.4 Å². The van der Waals surface area contributed by atoms with E-state index in [4.69, 9.17) is 9.47 Å². The zero-order valence-electron chi connectivity index (χ0n) is 12.5. The molecule has 0 aromatic rings. The fourth-order valence-electron chi connectivity index (χ4n) is 5.48. The Bertz CT molecular complexity index is 455. The van der Waals surface area contributed by atoms with Crippen LogP contribution in [0, 0.1) is 17.8 Å². The summed E-state index contributed by atoms with van der Waals surface area (Å²) in [6.07, 6.45) is 9.01. The highest BCUT2D eigenvalue weighted by Crippen LogP contribution is 2.47. The van der Waals surface area contributed by atoms with Crippen molar-refractivity contribution in [3.05, 3.63) is 12.2 Å². The lowest BCUT2D eigenvalue weighted by Crippen LogP contribution is -3.21. The summed E-state index contributed by atoms with van der Waals surface area (Å²) >= 11 is 0. The van der Waals surface area contributed by atoms with Crippen molar-refractivity contribution in [3.63, 3.8) is 0 Å². The Labute approximate surface area is 136 Å². The fraction of sp³-hybridized carbons (Fsp3) is 0.812. The number of carbonyl (C=O) groups is 1. The lowest BCUT2D eigenvalue weighted by atomic mass is 9.60. The van der Waals surface area contributed by atoms with Gasteiger partial charge in [0.1, 0.15) is 5.54 Å². The van der Waals surface area contributed by atoms with E-state index in [1.807, 2.05) is 0 Å². The molecule has 0 aromatic carbocycles. The predicted octanol–water partition coefficient (Wildman–Crippen LogP) is -2.81. The minimum atomic E-state index is 0. The van der Waals surface area contributed by atoms with Crippen molar-refractivity contribution in [2.24, 2.45) is 17.8 Å². The Morgan fingerprint density at radius 3 is 2.95 bits per heavy atom. The number of esters is 1. The van der Waals surface area contributed by atoms with Crippen LogP contribution in [0.25, 0.3) is 0 Å². The van der Waals surface area contributed by atoms with E-state index in [1.54, 1.807) is 12.0 Å². The topological polar surface area (TPSA) is 40.0 Å². The number of halogens is 1. The molecule has 6 atom stereocenters. The minimum absolute atomic E-state index is 0. The zero-order valence-corrected chi connectivity index (χ0v) is 14.1. The first-order chi connectivity index (χ1) is 9.74. The van der Waals surface area contributed by atoms with Crippen LogP contribution in [-0.4, -0.2) is 44.4 Å². The Balaban J connectivity index is 0.00000132. The maximum Gasteiger partial charge on any atom is 0.306 e. The zero-order chi connectivity index (χ0) is 13.7. The number of fused-ring (bicyclic) bond motifs is 1. The van der Waals surface area contributed by atoms with Gasteiger partial charge in [-0.25, -0.2) is 0 Å². The summed E-state index contributed by atoms with van der Waals surface area (Å²) in [5.41, 5.74) is 0.234. The van der Waals surface area contributed by atoms with Crippen LogP contribution in [0.2, 0.25) is 0 Å². The van der Waals surface area contributed by atoms with Gasteiger partial charge in [-0.05, 0) is 0 Å². The van der Waals surface area contributed by atoms with Crippen LogP contribution in [0.15, 0.2) is 12.2 Å². The SMILES string of the molecule is CO[C@@H]1C=CC2CC[NH+]3CCC4COC(=O)C[C@H]4[C@@]23C1.[Br-]. The number of ether oxygens (including phenoxy) is 2. The molecule has 0 saturated carbocycles. The summed E-state index contributed by atoms with van der Waals surface area (Å²) in [6.45, 7) is 3.13. The Kier molecular flexibility index (Phi) is 4.19. The summed E-state index contributed by atoms with van der Waals surface area (Å²) < 4.78 is 11.0. The highest BCUT2D eigenvalue weighted by atomic mass is 79.9. The number of piperidine rings is 1. The molecule has 4 aliphatic rings. The smallest absolute Gasteiger partial charge is 0.306 e. The van der Waals surface area contributed by atoms with Crippen molar-refractivity contribution in [1.29, 1.82) is 0 Å². The average molecular weight is 358 g/mol. The van der Waals surface area contributed by atoms with Gasteiger partial charge in [0.2, 0.25) is 0 Å². The van der Waals surface area contributed by atoms with E-state index in [0.29, 0.717) is 30.8 Å². The van der Waals surface area contributed by atoms with Crippen molar-refractivity contribution in [2.75, 3.05) is 26.8 Å². The van der Waals surface area contributed by atoms with Crippen molar-refractivity contribution >= 4 is 5.97 Å². The monoisotopic (exact) mass is 357 g/mol. The fourth-order valence-corrected chi connectivity index (χ4v) is 5.48. The minimum Gasteiger partial charge on any atom is -1.00 e. The van der Waals surface area contributed by atoms with Crippen LogP contribution < -0.4 is 21.9 Å². The van der Waals surface area contributed by atoms with Gasteiger partial charge in [-0.2, -0.15) is 0 Å². The molecule has 4 nitrogen and oxygen atoms in total. The Morgan fingerprint density at radius 1 is 1.33 bits per heavy atom. The molecule has 21 heavy (non-hydrogen) atoms. The summed E-state index contributed by atoms with van der Waals surface area (Å²) in [4.78, 5) is 13.6. The lowest BCUT2D eigenvalue weighted by molar-refractivity contribution is -0.954. The molecule has 3 fully saturated rings. The van der Waals surface area contributed by atoms with Gasteiger partial charge in [0.15, 0.2) is 0 Å². The van der Waals surface area contributed by atoms with Crippen LogP contribution in [0.5, 0.6) is 0 Å². The number of rotatable bonds is 1. The number of hydrogen-bond acceptors (Lipinski definition) is 3. The number of methoxy groups -OCH3 is 1. The van der Waals surface area contributed by atoms with Gasteiger partial charge in [0.05, 0.1) is 32.2 Å². The first-order valence-corrected chi connectivity index (χ1v) is 7.96. The molecule has 5 heteroatoms. The van der Waals surface area contributed by atoms with Crippen LogP contribution >= 0.6 is 0 Å². The third-order valence-corrected chi connectivity index (χ3v) is 6.37. The molecule has 3 saturated heterocycles. The Morgan fingerprint density at radius 2 is 2.14 bits per heavy atom.